The standard InChI is InChI=1S/C17H22N2O/c1-19-11-4-8-17(20,9-12-19)13-14-7-10-18-16-6-3-2-5-15(14)16/h2-3,5-7,10,20H,4,8-9,11-13H2,1H3. The summed E-state index contributed by atoms with van der Waals surface area (Å²) in [6.45, 7) is 2.05. The molecule has 1 aromatic carbocycles. The summed E-state index contributed by atoms with van der Waals surface area (Å²) >= 11 is 0. The van der Waals surface area contributed by atoms with Gasteiger partial charge in [-0.2, -0.15) is 0 Å². The lowest BCUT2D eigenvalue weighted by Crippen LogP contribution is -2.32. The molecule has 1 aliphatic heterocycles. The van der Waals surface area contributed by atoms with Gasteiger partial charge in [-0.25, -0.2) is 0 Å². The van der Waals surface area contributed by atoms with Gasteiger partial charge in [0.05, 0.1) is 11.1 Å². The lowest BCUT2D eigenvalue weighted by molar-refractivity contribution is 0.0266. The fourth-order valence-electron chi connectivity index (χ4n) is 3.15. The van der Waals surface area contributed by atoms with Gasteiger partial charge in [-0.3, -0.25) is 4.98 Å². The summed E-state index contributed by atoms with van der Waals surface area (Å²) < 4.78 is 0. The van der Waals surface area contributed by atoms with Crippen LogP contribution >= 0.6 is 0 Å². The Hall–Kier alpha value is -1.45. The molecular weight excluding hydrogens is 248 g/mol. The minimum Gasteiger partial charge on any atom is -0.389 e. The first kappa shape index (κ1) is 13.5. The van der Waals surface area contributed by atoms with Crippen LogP contribution in [0.3, 0.4) is 0 Å². The van der Waals surface area contributed by atoms with Crippen LogP contribution in [0.4, 0.5) is 0 Å². The molecule has 0 spiro atoms. The minimum atomic E-state index is -0.575. The van der Waals surface area contributed by atoms with E-state index in [0.29, 0.717) is 0 Å². The molecule has 20 heavy (non-hydrogen) atoms. The van der Waals surface area contributed by atoms with Crippen LogP contribution in [0.25, 0.3) is 10.9 Å². The quantitative estimate of drug-likeness (QED) is 0.911. The van der Waals surface area contributed by atoms with Gasteiger partial charge in [0.2, 0.25) is 0 Å². The third kappa shape index (κ3) is 2.84. The number of likely N-dealkylation sites (tertiary alicyclic amines) is 1. The van der Waals surface area contributed by atoms with Crippen LogP contribution in [-0.4, -0.2) is 40.7 Å². The molecule has 1 atom stereocenters. The zero-order valence-electron chi connectivity index (χ0n) is 12.0. The van der Waals surface area contributed by atoms with Crippen molar-refractivity contribution in [1.82, 2.24) is 9.88 Å². The van der Waals surface area contributed by atoms with Gasteiger partial charge in [0.1, 0.15) is 0 Å². The second-order valence-electron chi connectivity index (χ2n) is 6.05. The maximum absolute atomic E-state index is 10.9. The largest absolute Gasteiger partial charge is 0.389 e. The van der Waals surface area contributed by atoms with Crippen molar-refractivity contribution in [2.45, 2.75) is 31.3 Å². The van der Waals surface area contributed by atoms with Gasteiger partial charge < -0.3 is 10.0 Å². The smallest absolute Gasteiger partial charge is 0.0704 e. The molecule has 3 heteroatoms. The van der Waals surface area contributed by atoms with Crippen LogP contribution in [0.1, 0.15) is 24.8 Å². The highest BCUT2D eigenvalue weighted by Gasteiger charge is 2.30. The SMILES string of the molecule is CN1CCCC(O)(Cc2ccnc3ccccc23)CC1. The van der Waals surface area contributed by atoms with E-state index in [1.807, 2.05) is 24.4 Å². The van der Waals surface area contributed by atoms with Gasteiger partial charge in [-0.1, -0.05) is 18.2 Å². The van der Waals surface area contributed by atoms with E-state index in [1.165, 1.54) is 10.9 Å². The van der Waals surface area contributed by atoms with E-state index < -0.39 is 5.60 Å². The molecular formula is C17H22N2O. The van der Waals surface area contributed by atoms with Gasteiger partial charge in [-0.05, 0) is 50.6 Å². The summed E-state index contributed by atoms with van der Waals surface area (Å²) in [5, 5.41) is 12.1. The first-order valence-electron chi connectivity index (χ1n) is 7.40. The highest BCUT2D eigenvalue weighted by molar-refractivity contribution is 5.81. The van der Waals surface area contributed by atoms with Crippen molar-refractivity contribution in [2.75, 3.05) is 20.1 Å². The lowest BCUT2D eigenvalue weighted by atomic mass is 9.87. The first-order chi connectivity index (χ1) is 9.66. The Morgan fingerprint density at radius 3 is 2.95 bits per heavy atom. The fourth-order valence-corrected chi connectivity index (χ4v) is 3.15. The van der Waals surface area contributed by atoms with Crippen LogP contribution < -0.4 is 0 Å². The second kappa shape index (κ2) is 5.51. The molecule has 0 bridgehead atoms. The monoisotopic (exact) mass is 270 g/mol. The molecule has 1 aliphatic rings. The number of aromatic nitrogens is 1. The maximum atomic E-state index is 10.9. The van der Waals surface area contributed by atoms with E-state index in [1.54, 1.807) is 0 Å². The fraction of sp³-hybridized carbons (Fsp3) is 0.471. The van der Waals surface area contributed by atoms with Crippen LogP contribution in [-0.2, 0) is 6.42 Å². The van der Waals surface area contributed by atoms with E-state index >= 15 is 0 Å². The Balaban J connectivity index is 1.88. The number of benzene rings is 1. The van der Waals surface area contributed by atoms with Crippen LogP contribution in [0, 0.1) is 0 Å². The maximum Gasteiger partial charge on any atom is 0.0704 e. The molecule has 1 unspecified atom stereocenters. The molecule has 0 aliphatic carbocycles. The van der Waals surface area contributed by atoms with E-state index in [4.69, 9.17) is 0 Å². The highest BCUT2D eigenvalue weighted by atomic mass is 16.3. The summed E-state index contributed by atoms with van der Waals surface area (Å²) in [6.07, 6.45) is 5.37. The van der Waals surface area contributed by atoms with Gasteiger partial charge >= 0.3 is 0 Å². The Morgan fingerprint density at radius 2 is 2.05 bits per heavy atom. The zero-order valence-corrected chi connectivity index (χ0v) is 12.0. The minimum absolute atomic E-state index is 0.575. The van der Waals surface area contributed by atoms with Crippen LogP contribution in [0.2, 0.25) is 0 Å². The molecule has 0 saturated carbocycles. The second-order valence-corrected chi connectivity index (χ2v) is 6.05. The van der Waals surface area contributed by atoms with Crippen molar-refractivity contribution in [3.63, 3.8) is 0 Å². The van der Waals surface area contributed by atoms with E-state index in [0.717, 1.165) is 44.3 Å². The van der Waals surface area contributed by atoms with E-state index in [2.05, 4.69) is 29.1 Å². The predicted octanol–water partition coefficient (Wildman–Crippen LogP) is 2.62. The normalized spacial score (nSPS) is 24.7. The first-order valence-corrected chi connectivity index (χ1v) is 7.40. The summed E-state index contributed by atoms with van der Waals surface area (Å²) in [5.74, 6) is 0. The molecule has 2 heterocycles. The summed E-state index contributed by atoms with van der Waals surface area (Å²) in [6, 6.07) is 10.2. The van der Waals surface area contributed by atoms with Gasteiger partial charge in [-0.15, -0.1) is 0 Å². The van der Waals surface area contributed by atoms with E-state index in [-0.39, 0.29) is 0 Å². The van der Waals surface area contributed by atoms with Crippen molar-refractivity contribution in [2.24, 2.45) is 0 Å². The van der Waals surface area contributed by atoms with Crippen molar-refractivity contribution in [3.8, 4) is 0 Å². The number of rotatable bonds is 2. The summed E-state index contributed by atoms with van der Waals surface area (Å²) in [7, 11) is 2.13. The van der Waals surface area contributed by atoms with Crippen molar-refractivity contribution < 1.29 is 5.11 Å². The molecule has 1 fully saturated rings. The van der Waals surface area contributed by atoms with Crippen molar-refractivity contribution >= 4 is 10.9 Å². The molecule has 3 rings (SSSR count). The Kier molecular flexibility index (Phi) is 3.72. The molecule has 1 aromatic heterocycles. The highest BCUT2D eigenvalue weighted by Crippen LogP contribution is 2.28. The average Bonchev–Trinajstić information content (AvgIpc) is 2.61. The van der Waals surface area contributed by atoms with E-state index in [9.17, 15) is 5.11 Å². The number of aliphatic hydroxyl groups is 1. The summed E-state index contributed by atoms with van der Waals surface area (Å²) in [4.78, 5) is 6.71. The van der Waals surface area contributed by atoms with Crippen molar-refractivity contribution in [3.05, 3.63) is 42.1 Å². The zero-order chi connectivity index (χ0) is 14.0. The van der Waals surface area contributed by atoms with Gasteiger partial charge in [0.25, 0.3) is 0 Å². The molecule has 3 nitrogen and oxygen atoms in total. The summed E-state index contributed by atoms with van der Waals surface area (Å²) in [5.41, 5.74) is 1.65. The third-order valence-electron chi connectivity index (χ3n) is 4.40. The topological polar surface area (TPSA) is 36.4 Å². The number of hydrogen-bond acceptors (Lipinski definition) is 3. The predicted molar refractivity (Wildman–Crippen MR) is 81.7 cm³/mol. The van der Waals surface area contributed by atoms with Crippen LogP contribution in [0.15, 0.2) is 36.5 Å². The lowest BCUT2D eigenvalue weighted by Gasteiger charge is -2.27. The molecule has 1 saturated heterocycles. The Labute approximate surface area is 120 Å². The molecule has 106 valence electrons. The number of fused-ring (bicyclic) bond motifs is 1. The van der Waals surface area contributed by atoms with Gasteiger partial charge in [0.15, 0.2) is 0 Å². The Bertz CT molecular complexity index is 593. The number of nitrogens with zero attached hydrogens (tertiary/aromatic N) is 2. The number of para-hydroxylation sites is 1. The molecule has 1 N–H and O–H groups in total. The molecule has 0 radical (unpaired) electrons. The Morgan fingerprint density at radius 1 is 1.20 bits per heavy atom. The van der Waals surface area contributed by atoms with Crippen LogP contribution in [0.5, 0.6) is 0 Å². The molecule has 2 aromatic rings. The molecule has 0 amide bonds. The third-order valence-corrected chi connectivity index (χ3v) is 4.40. The average molecular weight is 270 g/mol. The number of hydrogen-bond donors (Lipinski definition) is 1. The number of pyridine rings is 1. The van der Waals surface area contributed by atoms with Crippen molar-refractivity contribution in [1.29, 1.82) is 0 Å². The van der Waals surface area contributed by atoms with Gasteiger partial charge in [0, 0.05) is 24.5 Å².